The third-order valence-corrected chi connectivity index (χ3v) is 4.78. The van der Waals surface area contributed by atoms with Gasteiger partial charge in [0.2, 0.25) is 23.6 Å². The van der Waals surface area contributed by atoms with Crippen LogP contribution in [0, 0.1) is 17.8 Å². The largest absolute Gasteiger partial charge is 0.368 e. The van der Waals surface area contributed by atoms with Crippen molar-refractivity contribution in [3.63, 3.8) is 0 Å². The van der Waals surface area contributed by atoms with Crippen LogP contribution in [0.15, 0.2) is 0 Å². The van der Waals surface area contributed by atoms with E-state index in [0.29, 0.717) is 0 Å². The summed E-state index contributed by atoms with van der Waals surface area (Å²) >= 11 is 0. The van der Waals surface area contributed by atoms with E-state index in [4.69, 9.17) is 5.73 Å². The minimum absolute atomic E-state index is 0.00653. The number of rotatable bonds is 6. The molecule has 1 saturated carbocycles. The number of nitrogens with zero attached hydrogens (tertiary/aromatic N) is 1. The highest BCUT2D eigenvalue weighted by Crippen LogP contribution is 2.37. The van der Waals surface area contributed by atoms with E-state index in [9.17, 15) is 19.2 Å². The van der Waals surface area contributed by atoms with E-state index in [1.807, 2.05) is 0 Å². The number of fused-ring (bicyclic) bond motifs is 1. The van der Waals surface area contributed by atoms with Crippen LogP contribution in [-0.4, -0.2) is 41.1 Å². The van der Waals surface area contributed by atoms with Crippen molar-refractivity contribution in [3.05, 3.63) is 0 Å². The summed E-state index contributed by atoms with van der Waals surface area (Å²) in [5, 5.41) is 2.57. The van der Waals surface area contributed by atoms with Crippen molar-refractivity contribution in [3.8, 4) is 0 Å². The smallest absolute Gasteiger partial charge is 0.240 e. The minimum atomic E-state index is -0.741. The first-order valence-corrected chi connectivity index (χ1v) is 8.26. The van der Waals surface area contributed by atoms with Gasteiger partial charge in [-0.3, -0.25) is 24.1 Å². The molecule has 2 aliphatic rings. The van der Waals surface area contributed by atoms with E-state index < -0.39 is 11.9 Å². The molecule has 0 radical (unpaired) electrons. The standard InChI is InChI=1S/C16H25N3O4/c1-9(2)13(14(17)21)18-12(20)7-8-19-15(22)10-5-3-4-6-11(10)16(19)23/h9-11,13H,3-8H2,1-2H3,(H2,17,21)(H,18,20)/t10-,11+,13-/m1/s1. The number of likely N-dealkylation sites (tertiary alicyclic amines) is 1. The van der Waals surface area contributed by atoms with Crippen LogP contribution in [0.3, 0.4) is 0 Å². The van der Waals surface area contributed by atoms with E-state index in [1.54, 1.807) is 13.8 Å². The molecule has 7 nitrogen and oxygen atoms in total. The van der Waals surface area contributed by atoms with Gasteiger partial charge in [0.25, 0.3) is 0 Å². The minimum Gasteiger partial charge on any atom is -0.368 e. The number of amides is 4. The Morgan fingerprint density at radius 3 is 2.13 bits per heavy atom. The third kappa shape index (κ3) is 3.71. The van der Waals surface area contributed by atoms with E-state index >= 15 is 0 Å². The molecular weight excluding hydrogens is 298 g/mol. The highest BCUT2D eigenvalue weighted by atomic mass is 16.2. The number of imide groups is 1. The summed E-state index contributed by atoms with van der Waals surface area (Å²) in [5.74, 6) is -1.78. The summed E-state index contributed by atoms with van der Waals surface area (Å²) in [6, 6.07) is -0.741. The lowest BCUT2D eigenvalue weighted by molar-refractivity contribution is -0.140. The fourth-order valence-electron chi connectivity index (χ4n) is 3.48. The van der Waals surface area contributed by atoms with Crippen molar-refractivity contribution in [2.24, 2.45) is 23.5 Å². The third-order valence-electron chi connectivity index (χ3n) is 4.78. The topological polar surface area (TPSA) is 110 Å². The maximum absolute atomic E-state index is 12.3. The molecule has 7 heteroatoms. The maximum atomic E-state index is 12.3. The average Bonchev–Trinajstić information content (AvgIpc) is 2.74. The molecule has 0 aromatic heterocycles. The van der Waals surface area contributed by atoms with E-state index in [0.717, 1.165) is 25.7 Å². The Bertz CT molecular complexity index is 493. The van der Waals surface area contributed by atoms with Crippen molar-refractivity contribution in [2.75, 3.05) is 6.54 Å². The second kappa shape index (κ2) is 7.10. The van der Waals surface area contributed by atoms with Crippen LogP contribution >= 0.6 is 0 Å². The molecule has 3 N–H and O–H groups in total. The summed E-state index contributed by atoms with van der Waals surface area (Å²) in [5.41, 5.74) is 5.26. The molecule has 1 aliphatic heterocycles. The molecule has 2 rings (SSSR count). The fraction of sp³-hybridized carbons (Fsp3) is 0.750. The Labute approximate surface area is 135 Å². The van der Waals surface area contributed by atoms with Crippen LogP contribution in [0.1, 0.15) is 46.0 Å². The van der Waals surface area contributed by atoms with Crippen molar-refractivity contribution in [1.29, 1.82) is 0 Å². The Hall–Kier alpha value is -1.92. The van der Waals surface area contributed by atoms with Crippen molar-refractivity contribution in [2.45, 2.75) is 52.0 Å². The van der Waals surface area contributed by atoms with Crippen LogP contribution in [0.4, 0.5) is 0 Å². The van der Waals surface area contributed by atoms with Gasteiger partial charge in [-0.2, -0.15) is 0 Å². The van der Waals surface area contributed by atoms with Crippen molar-refractivity contribution < 1.29 is 19.2 Å². The quantitative estimate of drug-likeness (QED) is 0.679. The SMILES string of the molecule is CC(C)[C@@H](NC(=O)CCN1C(=O)[C@H]2CCCC[C@H]2C1=O)C(N)=O. The van der Waals surface area contributed by atoms with Gasteiger partial charge < -0.3 is 11.1 Å². The molecule has 1 heterocycles. The molecule has 128 valence electrons. The predicted octanol–water partition coefficient (Wildman–Crippen LogP) is 0.178. The molecule has 1 aliphatic carbocycles. The average molecular weight is 323 g/mol. The lowest BCUT2D eigenvalue weighted by Crippen LogP contribution is -2.48. The van der Waals surface area contributed by atoms with Gasteiger partial charge in [-0.15, -0.1) is 0 Å². The summed E-state index contributed by atoms with van der Waals surface area (Å²) in [6.45, 7) is 3.64. The number of nitrogens with two attached hydrogens (primary N) is 1. The number of hydrogen-bond acceptors (Lipinski definition) is 4. The Morgan fingerprint density at radius 2 is 1.70 bits per heavy atom. The summed E-state index contributed by atoms with van der Waals surface area (Å²) in [6.07, 6.45) is 3.46. The van der Waals surface area contributed by atoms with Gasteiger partial charge in [0.05, 0.1) is 11.8 Å². The molecule has 4 amide bonds. The second-order valence-electron chi connectivity index (χ2n) is 6.77. The first-order valence-electron chi connectivity index (χ1n) is 8.26. The Morgan fingerprint density at radius 1 is 1.17 bits per heavy atom. The molecule has 0 spiro atoms. The first kappa shape index (κ1) is 17.4. The number of carbonyl (C=O) groups is 4. The normalized spacial score (nSPS) is 25.4. The summed E-state index contributed by atoms with van der Waals surface area (Å²) in [4.78, 5) is 49.1. The zero-order chi connectivity index (χ0) is 17.1. The van der Waals surface area contributed by atoms with Crippen LogP contribution in [0.2, 0.25) is 0 Å². The molecule has 0 bridgehead atoms. The van der Waals surface area contributed by atoms with Gasteiger partial charge in [-0.05, 0) is 18.8 Å². The first-order chi connectivity index (χ1) is 10.8. The molecule has 2 fully saturated rings. The molecule has 23 heavy (non-hydrogen) atoms. The van der Waals surface area contributed by atoms with Gasteiger partial charge in [0, 0.05) is 13.0 Å². The molecule has 0 unspecified atom stereocenters. The number of hydrogen-bond donors (Lipinski definition) is 2. The zero-order valence-corrected chi connectivity index (χ0v) is 13.7. The van der Waals surface area contributed by atoms with E-state index in [1.165, 1.54) is 4.90 Å². The number of nitrogens with one attached hydrogen (secondary N) is 1. The molecule has 0 aromatic rings. The molecule has 1 saturated heterocycles. The van der Waals surface area contributed by atoms with E-state index in [-0.39, 0.29) is 48.4 Å². The number of primary amides is 1. The zero-order valence-electron chi connectivity index (χ0n) is 13.7. The molecule has 3 atom stereocenters. The number of carbonyl (C=O) groups excluding carboxylic acids is 4. The van der Waals surface area contributed by atoms with Crippen LogP contribution in [-0.2, 0) is 19.2 Å². The second-order valence-corrected chi connectivity index (χ2v) is 6.77. The van der Waals surface area contributed by atoms with Gasteiger partial charge >= 0.3 is 0 Å². The van der Waals surface area contributed by atoms with Gasteiger partial charge in [0.15, 0.2) is 0 Å². The van der Waals surface area contributed by atoms with Gasteiger partial charge in [0.1, 0.15) is 6.04 Å². The van der Waals surface area contributed by atoms with Gasteiger partial charge in [-0.1, -0.05) is 26.7 Å². The highest BCUT2D eigenvalue weighted by molar-refractivity contribution is 6.05. The van der Waals surface area contributed by atoms with Crippen LogP contribution < -0.4 is 11.1 Å². The Balaban J connectivity index is 1.90. The maximum Gasteiger partial charge on any atom is 0.240 e. The van der Waals surface area contributed by atoms with Crippen LogP contribution in [0.5, 0.6) is 0 Å². The highest BCUT2D eigenvalue weighted by Gasteiger charge is 2.47. The summed E-state index contributed by atoms with van der Waals surface area (Å²) in [7, 11) is 0. The van der Waals surface area contributed by atoms with Crippen molar-refractivity contribution in [1.82, 2.24) is 10.2 Å². The van der Waals surface area contributed by atoms with E-state index in [2.05, 4.69) is 5.32 Å². The molecule has 0 aromatic carbocycles. The lowest BCUT2D eigenvalue weighted by Gasteiger charge is -2.20. The predicted molar refractivity (Wildman–Crippen MR) is 82.7 cm³/mol. The lowest BCUT2D eigenvalue weighted by atomic mass is 9.81. The Kier molecular flexibility index (Phi) is 5.38. The fourth-order valence-corrected chi connectivity index (χ4v) is 3.48. The molecular formula is C16H25N3O4. The van der Waals surface area contributed by atoms with Crippen LogP contribution in [0.25, 0.3) is 0 Å². The van der Waals surface area contributed by atoms with Gasteiger partial charge in [-0.25, -0.2) is 0 Å². The summed E-state index contributed by atoms with van der Waals surface area (Å²) < 4.78 is 0. The van der Waals surface area contributed by atoms with Crippen molar-refractivity contribution >= 4 is 23.6 Å². The monoisotopic (exact) mass is 323 g/mol.